The molecule has 2 aromatic heterocycles. The number of hydrogen-bond acceptors (Lipinski definition) is 7. The van der Waals surface area contributed by atoms with Crippen LogP contribution >= 0.6 is 0 Å². The highest BCUT2D eigenvalue weighted by Crippen LogP contribution is 2.20. The van der Waals surface area contributed by atoms with Gasteiger partial charge in [-0.25, -0.2) is 10.5 Å². The number of nitrogens with one attached hydrogen (secondary N) is 2. The molecule has 0 bridgehead atoms. The van der Waals surface area contributed by atoms with Crippen LogP contribution in [0.1, 0.15) is 16.7 Å². The fraction of sp³-hybridized carbons (Fsp3) is 0.158. The zero-order chi connectivity index (χ0) is 18.4. The van der Waals surface area contributed by atoms with E-state index in [0.717, 1.165) is 16.8 Å². The third-order valence-electron chi connectivity index (χ3n) is 3.82. The summed E-state index contributed by atoms with van der Waals surface area (Å²) in [4.78, 5) is 17.7. The summed E-state index contributed by atoms with van der Waals surface area (Å²) in [6.07, 6.45) is 5.18. The SMILES string of the molecule is CONc1nc(N/N=C/c2ccc(C)c(C)c2)cc(-c2ccncc2)n1. The molecule has 0 amide bonds. The number of nitrogens with zero attached hydrogens (tertiary/aromatic N) is 4. The summed E-state index contributed by atoms with van der Waals surface area (Å²) in [6, 6.07) is 11.7. The molecule has 0 aliphatic rings. The lowest BCUT2D eigenvalue weighted by atomic mass is 10.1. The van der Waals surface area contributed by atoms with E-state index in [0.29, 0.717) is 11.8 Å². The summed E-state index contributed by atoms with van der Waals surface area (Å²) in [5.41, 5.74) is 10.7. The molecule has 26 heavy (non-hydrogen) atoms. The molecule has 0 radical (unpaired) electrons. The van der Waals surface area contributed by atoms with Gasteiger partial charge in [-0.2, -0.15) is 10.1 Å². The summed E-state index contributed by atoms with van der Waals surface area (Å²) in [5.74, 6) is 0.886. The van der Waals surface area contributed by atoms with Gasteiger partial charge in [0.05, 0.1) is 19.0 Å². The number of pyridine rings is 1. The molecule has 7 nitrogen and oxygen atoms in total. The standard InChI is InChI=1S/C19H20N6O/c1-13-4-5-15(10-14(13)2)12-21-24-18-11-17(16-6-8-20-9-7-16)22-19(23-18)25-26-3/h4-12H,1-3H3,(H2,22,23,24,25)/b21-12+. The van der Waals surface area contributed by atoms with Crippen molar-refractivity contribution in [2.75, 3.05) is 18.0 Å². The molecule has 0 aliphatic heterocycles. The van der Waals surface area contributed by atoms with Crippen molar-refractivity contribution in [1.82, 2.24) is 15.0 Å². The van der Waals surface area contributed by atoms with Crippen molar-refractivity contribution in [3.63, 3.8) is 0 Å². The molecule has 0 saturated heterocycles. The molecule has 0 atom stereocenters. The van der Waals surface area contributed by atoms with Gasteiger partial charge in [0.1, 0.15) is 0 Å². The van der Waals surface area contributed by atoms with Crippen molar-refractivity contribution >= 4 is 18.0 Å². The first-order chi connectivity index (χ1) is 12.7. The zero-order valence-corrected chi connectivity index (χ0v) is 14.9. The number of hydrazone groups is 1. The number of aromatic nitrogens is 3. The molecule has 2 N–H and O–H groups in total. The highest BCUT2D eigenvalue weighted by Gasteiger charge is 2.06. The Morgan fingerprint density at radius 3 is 2.54 bits per heavy atom. The second-order valence-corrected chi connectivity index (χ2v) is 5.72. The maximum atomic E-state index is 4.92. The molecule has 0 fully saturated rings. The minimum absolute atomic E-state index is 0.339. The molecule has 0 saturated carbocycles. The van der Waals surface area contributed by atoms with Crippen molar-refractivity contribution in [3.05, 3.63) is 65.5 Å². The molecule has 7 heteroatoms. The highest BCUT2D eigenvalue weighted by atomic mass is 16.6. The van der Waals surface area contributed by atoms with E-state index in [4.69, 9.17) is 4.84 Å². The maximum absolute atomic E-state index is 4.92. The Morgan fingerprint density at radius 2 is 1.81 bits per heavy atom. The van der Waals surface area contributed by atoms with Gasteiger partial charge in [-0.15, -0.1) is 0 Å². The molecule has 2 heterocycles. The first-order valence-electron chi connectivity index (χ1n) is 8.10. The van der Waals surface area contributed by atoms with E-state index in [-0.39, 0.29) is 0 Å². The van der Waals surface area contributed by atoms with Crippen LogP contribution in [0.15, 0.2) is 53.9 Å². The molecule has 0 spiro atoms. The van der Waals surface area contributed by atoms with Crippen LogP contribution in [0.3, 0.4) is 0 Å². The van der Waals surface area contributed by atoms with Crippen LogP contribution in [-0.4, -0.2) is 28.3 Å². The fourth-order valence-electron chi connectivity index (χ4n) is 2.33. The van der Waals surface area contributed by atoms with Crippen molar-refractivity contribution in [1.29, 1.82) is 0 Å². The molecular formula is C19H20N6O. The van der Waals surface area contributed by atoms with Crippen LogP contribution in [-0.2, 0) is 4.84 Å². The molecular weight excluding hydrogens is 328 g/mol. The van der Waals surface area contributed by atoms with Gasteiger partial charge in [0.25, 0.3) is 0 Å². The van der Waals surface area contributed by atoms with E-state index in [2.05, 4.69) is 56.9 Å². The average Bonchev–Trinajstić information content (AvgIpc) is 2.65. The number of hydrogen-bond donors (Lipinski definition) is 2. The van der Waals surface area contributed by atoms with Crippen molar-refractivity contribution in [2.24, 2.45) is 5.10 Å². The topological polar surface area (TPSA) is 84.3 Å². The molecule has 3 aromatic rings. The predicted molar refractivity (Wildman–Crippen MR) is 103 cm³/mol. The van der Waals surface area contributed by atoms with Gasteiger partial charge in [-0.05, 0) is 42.7 Å². The first-order valence-corrected chi connectivity index (χ1v) is 8.10. The first kappa shape index (κ1) is 17.5. The zero-order valence-electron chi connectivity index (χ0n) is 14.9. The van der Waals surface area contributed by atoms with Crippen LogP contribution in [0.5, 0.6) is 0 Å². The van der Waals surface area contributed by atoms with Gasteiger partial charge in [0.15, 0.2) is 5.82 Å². The van der Waals surface area contributed by atoms with Crippen LogP contribution in [0.25, 0.3) is 11.3 Å². The quantitative estimate of drug-likeness (QED) is 0.523. The number of benzene rings is 1. The van der Waals surface area contributed by atoms with Gasteiger partial charge >= 0.3 is 0 Å². The normalized spacial score (nSPS) is 10.9. The van der Waals surface area contributed by atoms with Crippen LogP contribution in [0, 0.1) is 13.8 Å². The molecule has 1 aromatic carbocycles. The second-order valence-electron chi connectivity index (χ2n) is 5.72. The Labute approximate surface area is 152 Å². The Balaban J connectivity index is 1.83. The van der Waals surface area contributed by atoms with Crippen molar-refractivity contribution in [3.8, 4) is 11.3 Å². The lowest BCUT2D eigenvalue weighted by molar-refractivity contribution is 0.267. The number of anilines is 2. The summed E-state index contributed by atoms with van der Waals surface area (Å²) >= 11 is 0. The average molecular weight is 348 g/mol. The van der Waals surface area contributed by atoms with Crippen LogP contribution < -0.4 is 10.9 Å². The van der Waals surface area contributed by atoms with E-state index in [1.165, 1.54) is 18.2 Å². The van der Waals surface area contributed by atoms with Crippen molar-refractivity contribution in [2.45, 2.75) is 13.8 Å². The van der Waals surface area contributed by atoms with E-state index in [1.54, 1.807) is 18.6 Å². The predicted octanol–water partition coefficient (Wildman–Crippen LogP) is 3.57. The van der Waals surface area contributed by atoms with Crippen LogP contribution in [0.4, 0.5) is 11.8 Å². The van der Waals surface area contributed by atoms with E-state index < -0.39 is 0 Å². The van der Waals surface area contributed by atoms with Gasteiger partial charge in [-0.1, -0.05) is 18.2 Å². The monoisotopic (exact) mass is 348 g/mol. The third-order valence-corrected chi connectivity index (χ3v) is 3.82. The lowest BCUT2D eigenvalue weighted by Gasteiger charge is -2.08. The highest BCUT2D eigenvalue weighted by molar-refractivity contribution is 5.80. The van der Waals surface area contributed by atoms with E-state index in [1.807, 2.05) is 24.3 Å². The minimum Gasteiger partial charge on any atom is -0.277 e. The van der Waals surface area contributed by atoms with Gasteiger partial charge in [0, 0.05) is 24.0 Å². The Hall–Kier alpha value is -3.32. The summed E-state index contributed by atoms with van der Waals surface area (Å²) < 4.78 is 0. The Kier molecular flexibility index (Phi) is 5.50. The summed E-state index contributed by atoms with van der Waals surface area (Å²) in [7, 11) is 1.51. The number of rotatable bonds is 6. The second kappa shape index (κ2) is 8.17. The van der Waals surface area contributed by atoms with Gasteiger partial charge in [0.2, 0.25) is 5.95 Å². The van der Waals surface area contributed by atoms with E-state index >= 15 is 0 Å². The third kappa shape index (κ3) is 4.40. The Morgan fingerprint density at radius 1 is 1.00 bits per heavy atom. The largest absolute Gasteiger partial charge is 0.277 e. The Bertz CT molecular complexity index is 911. The number of aryl methyl sites for hydroxylation is 2. The van der Waals surface area contributed by atoms with Crippen molar-refractivity contribution < 1.29 is 4.84 Å². The maximum Gasteiger partial charge on any atom is 0.249 e. The fourth-order valence-corrected chi connectivity index (χ4v) is 2.33. The summed E-state index contributed by atoms with van der Waals surface area (Å²) in [5, 5.41) is 4.27. The van der Waals surface area contributed by atoms with Gasteiger partial charge < -0.3 is 0 Å². The van der Waals surface area contributed by atoms with E-state index in [9.17, 15) is 0 Å². The molecule has 0 aliphatic carbocycles. The minimum atomic E-state index is 0.339. The molecule has 0 unspecified atom stereocenters. The smallest absolute Gasteiger partial charge is 0.249 e. The van der Waals surface area contributed by atoms with Crippen LogP contribution in [0.2, 0.25) is 0 Å². The summed E-state index contributed by atoms with van der Waals surface area (Å²) in [6.45, 7) is 4.16. The molecule has 132 valence electrons. The van der Waals surface area contributed by atoms with Gasteiger partial charge in [-0.3, -0.25) is 15.2 Å². The molecule has 3 rings (SSSR count). The lowest BCUT2D eigenvalue weighted by Crippen LogP contribution is -2.04.